The molecule has 0 saturated heterocycles. The summed E-state index contributed by atoms with van der Waals surface area (Å²) < 4.78 is 1.02. The van der Waals surface area contributed by atoms with E-state index in [0.29, 0.717) is 11.6 Å². The molecule has 1 aromatic carbocycles. The normalized spacial score (nSPS) is 29.4. The molecule has 2 aromatic heterocycles. The van der Waals surface area contributed by atoms with Crippen LogP contribution in [-0.4, -0.2) is 15.9 Å². The third kappa shape index (κ3) is 3.14. The number of carbonyl (C=O) groups excluding carboxylic acids is 1. The number of nitrogens with zero attached hydrogens (tertiary/aromatic N) is 3. The fourth-order valence-corrected chi connectivity index (χ4v) is 7.78. The third-order valence-electron chi connectivity index (χ3n) is 7.35. The van der Waals surface area contributed by atoms with Crippen molar-refractivity contribution in [2.24, 2.45) is 23.2 Å². The minimum atomic E-state index is -0.209. The fourth-order valence-electron chi connectivity index (χ4n) is 6.54. The van der Waals surface area contributed by atoms with Crippen LogP contribution in [0.4, 0.5) is 5.13 Å². The lowest BCUT2D eigenvalue weighted by Gasteiger charge is -2.56. The van der Waals surface area contributed by atoms with Crippen molar-refractivity contribution in [3.8, 4) is 0 Å². The van der Waals surface area contributed by atoms with Crippen molar-refractivity contribution in [2.75, 3.05) is 4.90 Å². The van der Waals surface area contributed by atoms with Gasteiger partial charge in [0.2, 0.25) is 5.91 Å². The van der Waals surface area contributed by atoms with E-state index in [1.54, 1.807) is 17.5 Å². The number of benzene rings is 1. The van der Waals surface area contributed by atoms with Gasteiger partial charge in [-0.3, -0.25) is 14.7 Å². The van der Waals surface area contributed by atoms with Crippen molar-refractivity contribution in [2.45, 2.75) is 45.1 Å². The van der Waals surface area contributed by atoms with Gasteiger partial charge in [-0.25, -0.2) is 4.98 Å². The Bertz CT molecular complexity index is 1080. The number of hydrogen-bond donors (Lipinski definition) is 0. The van der Waals surface area contributed by atoms with E-state index in [2.05, 4.69) is 4.98 Å². The molecule has 1 amide bonds. The van der Waals surface area contributed by atoms with Crippen molar-refractivity contribution in [3.05, 3.63) is 53.3 Å². The van der Waals surface area contributed by atoms with Crippen LogP contribution >= 0.6 is 22.9 Å². The summed E-state index contributed by atoms with van der Waals surface area (Å²) in [5.74, 6) is 2.45. The van der Waals surface area contributed by atoms with Gasteiger partial charge in [0, 0.05) is 11.2 Å². The summed E-state index contributed by atoms with van der Waals surface area (Å²) >= 11 is 7.75. The summed E-state index contributed by atoms with van der Waals surface area (Å²) in [7, 11) is 0. The summed E-state index contributed by atoms with van der Waals surface area (Å²) in [6.07, 6.45) is 8.92. The van der Waals surface area contributed by atoms with Gasteiger partial charge in [0.1, 0.15) is 0 Å². The highest BCUT2D eigenvalue weighted by Gasteiger charge is 2.56. The number of aromatic nitrogens is 2. The van der Waals surface area contributed by atoms with Crippen LogP contribution in [0.25, 0.3) is 10.2 Å². The van der Waals surface area contributed by atoms with Crippen molar-refractivity contribution in [1.82, 2.24) is 9.97 Å². The van der Waals surface area contributed by atoms with Crippen LogP contribution in [0, 0.1) is 23.2 Å². The van der Waals surface area contributed by atoms with Crippen LogP contribution in [0.1, 0.15) is 44.2 Å². The number of pyridine rings is 1. The SMILES string of the molecule is O=C(N(Cc1ccccn1)c1nc2ccc(Cl)cc2s1)C12CC3CC(CC(C3)C1)C2. The van der Waals surface area contributed by atoms with E-state index >= 15 is 0 Å². The van der Waals surface area contributed by atoms with Crippen LogP contribution in [0.2, 0.25) is 5.02 Å². The number of hydrogen-bond acceptors (Lipinski definition) is 4. The van der Waals surface area contributed by atoms with E-state index in [9.17, 15) is 4.79 Å². The predicted octanol–water partition coefficient (Wildman–Crippen LogP) is 6.09. The fraction of sp³-hybridized carbons (Fsp3) is 0.458. The molecule has 3 aromatic rings. The Morgan fingerprint density at radius 2 is 1.83 bits per heavy atom. The Morgan fingerprint density at radius 3 is 2.50 bits per heavy atom. The third-order valence-corrected chi connectivity index (χ3v) is 8.63. The van der Waals surface area contributed by atoms with E-state index in [1.165, 1.54) is 19.3 Å². The zero-order valence-electron chi connectivity index (χ0n) is 16.8. The van der Waals surface area contributed by atoms with Gasteiger partial charge in [0.15, 0.2) is 5.13 Å². The molecule has 6 heteroatoms. The molecule has 4 saturated carbocycles. The van der Waals surface area contributed by atoms with Gasteiger partial charge in [-0.2, -0.15) is 0 Å². The second kappa shape index (κ2) is 7.03. The molecule has 4 fully saturated rings. The maximum atomic E-state index is 14.2. The van der Waals surface area contributed by atoms with Crippen LogP contribution in [0.5, 0.6) is 0 Å². The molecule has 0 aliphatic heterocycles. The first kappa shape index (κ1) is 18.8. The topological polar surface area (TPSA) is 46.1 Å². The van der Waals surface area contributed by atoms with Crippen LogP contribution < -0.4 is 4.90 Å². The van der Waals surface area contributed by atoms with Crippen LogP contribution in [0.3, 0.4) is 0 Å². The lowest BCUT2D eigenvalue weighted by molar-refractivity contribution is -0.143. The summed E-state index contributed by atoms with van der Waals surface area (Å²) in [4.78, 5) is 25.4. The molecule has 0 spiro atoms. The summed E-state index contributed by atoms with van der Waals surface area (Å²) in [6, 6.07) is 11.6. The molecule has 30 heavy (non-hydrogen) atoms. The zero-order valence-corrected chi connectivity index (χ0v) is 18.3. The average Bonchev–Trinajstić information content (AvgIpc) is 3.14. The second-order valence-electron chi connectivity index (χ2n) is 9.52. The largest absolute Gasteiger partial charge is 0.282 e. The lowest BCUT2D eigenvalue weighted by atomic mass is 9.49. The molecule has 2 heterocycles. The van der Waals surface area contributed by atoms with Crippen molar-refractivity contribution in [3.63, 3.8) is 0 Å². The summed E-state index contributed by atoms with van der Waals surface area (Å²) in [6.45, 7) is 0.467. The van der Waals surface area contributed by atoms with E-state index in [-0.39, 0.29) is 11.3 Å². The second-order valence-corrected chi connectivity index (χ2v) is 11.0. The highest BCUT2D eigenvalue weighted by molar-refractivity contribution is 7.22. The molecule has 0 radical (unpaired) electrons. The Kier molecular flexibility index (Phi) is 4.40. The van der Waals surface area contributed by atoms with Crippen molar-refractivity contribution in [1.29, 1.82) is 0 Å². The zero-order chi connectivity index (χ0) is 20.3. The number of thiazole rings is 1. The molecule has 4 nitrogen and oxygen atoms in total. The first-order valence-electron chi connectivity index (χ1n) is 10.9. The highest BCUT2D eigenvalue weighted by atomic mass is 35.5. The maximum Gasteiger partial charge on any atom is 0.235 e. The standard InChI is InChI=1S/C24H24ClN3OS/c25-18-4-5-20-21(10-18)30-23(27-20)28(14-19-3-1-2-6-26-19)22(29)24-11-15-7-16(12-24)9-17(8-15)13-24/h1-6,10,15-17H,7-9,11-14H2. The molecule has 7 rings (SSSR count). The van der Waals surface area contributed by atoms with E-state index in [0.717, 1.165) is 58.1 Å². The van der Waals surface area contributed by atoms with E-state index in [1.807, 2.05) is 41.3 Å². The molecular weight excluding hydrogens is 414 g/mol. The molecule has 4 bridgehead atoms. The van der Waals surface area contributed by atoms with Gasteiger partial charge in [-0.15, -0.1) is 0 Å². The molecule has 0 atom stereocenters. The van der Waals surface area contributed by atoms with Crippen molar-refractivity contribution >= 4 is 44.2 Å². The molecule has 4 aliphatic carbocycles. The quantitative estimate of drug-likeness (QED) is 0.495. The minimum absolute atomic E-state index is 0.209. The highest BCUT2D eigenvalue weighted by Crippen LogP contribution is 2.60. The molecule has 4 aliphatic rings. The molecular formula is C24H24ClN3OS. The van der Waals surface area contributed by atoms with Gasteiger partial charge in [-0.1, -0.05) is 29.0 Å². The molecule has 154 valence electrons. The Hall–Kier alpha value is -1.98. The van der Waals surface area contributed by atoms with E-state index < -0.39 is 0 Å². The van der Waals surface area contributed by atoms with Gasteiger partial charge in [-0.05, 0) is 86.6 Å². The molecule has 0 unspecified atom stereocenters. The summed E-state index contributed by atoms with van der Waals surface area (Å²) in [5, 5.41) is 1.46. The van der Waals surface area contributed by atoms with Gasteiger partial charge < -0.3 is 0 Å². The number of carbonyl (C=O) groups is 1. The first-order valence-corrected chi connectivity index (χ1v) is 12.1. The van der Waals surface area contributed by atoms with Gasteiger partial charge >= 0.3 is 0 Å². The Labute approximate surface area is 185 Å². The number of halogens is 1. The lowest BCUT2D eigenvalue weighted by Crippen LogP contribution is -2.54. The number of amides is 1. The smallest absolute Gasteiger partial charge is 0.235 e. The number of rotatable bonds is 4. The minimum Gasteiger partial charge on any atom is -0.282 e. The van der Waals surface area contributed by atoms with Gasteiger partial charge in [0.05, 0.1) is 27.9 Å². The Balaban J connectivity index is 1.41. The van der Waals surface area contributed by atoms with Crippen LogP contribution in [-0.2, 0) is 11.3 Å². The Morgan fingerprint density at radius 1 is 1.10 bits per heavy atom. The number of anilines is 1. The predicted molar refractivity (Wildman–Crippen MR) is 121 cm³/mol. The van der Waals surface area contributed by atoms with E-state index in [4.69, 9.17) is 16.6 Å². The van der Waals surface area contributed by atoms with Gasteiger partial charge in [0.25, 0.3) is 0 Å². The van der Waals surface area contributed by atoms with Crippen molar-refractivity contribution < 1.29 is 4.79 Å². The average molecular weight is 438 g/mol. The molecule has 0 N–H and O–H groups in total. The maximum absolute atomic E-state index is 14.2. The first-order chi connectivity index (χ1) is 14.6. The number of fused-ring (bicyclic) bond motifs is 1. The monoisotopic (exact) mass is 437 g/mol. The summed E-state index contributed by atoms with van der Waals surface area (Å²) in [5.41, 5.74) is 1.58. The van der Waals surface area contributed by atoms with Crippen LogP contribution in [0.15, 0.2) is 42.6 Å².